The lowest BCUT2D eigenvalue weighted by Gasteiger charge is -2.03. The van der Waals surface area contributed by atoms with E-state index in [-0.39, 0.29) is 10.9 Å². The fraction of sp³-hybridized carbons (Fsp3) is 0.500. The zero-order valence-electron chi connectivity index (χ0n) is 7.07. The third-order valence-electron chi connectivity index (χ3n) is 1.57. The molecular formula is C6H10ClN3O2S. The van der Waals surface area contributed by atoms with Crippen LogP contribution in [0, 0.1) is 0 Å². The summed E-state index contributed by atoms with van der Waals surface area (Å²) in [5, 5.41) is 5.08. The molecule has 0 aliphatic carbocycles. The lowest BCUT2D eigenvalue weighted by atomic mass is 10.5. The molecule has 0 aliphatic rings. The van der Waals surface area contributed by atoms with Crippen LogP contribution in [0.3, 0.4) is 0 Å². The molecule has 1 aromatic rings. The van der Waals surface area contributed by atoms with Gasteiger partial charge in [-0.15, -0.1) is 0 Å². The number of hydrogen-bond acceptors (Lipinski definition) is 3. The number of nitrogens with two attached hydrogens (primary N) is 1. The summed E-state index contributed by atoms with van der Waals surface area (Å²) in [4.78, 5) is 3.78. The number of aromatic nitrogens is 2. The van der Waals surface area contributed by atoms with Gasteiger partial charge in [0.2, 0.25) is 10.0 Å². The Balaban J connectivity index is 3.05. The predicted octanol–water partition coefficient (Wildman–Crippen LogP) is 0.345. The van der Waals surface area contributed by atoms with E-state index in [0.717, 1.165) is 0 Å². The molecule has 0 fully saturated rings. The van der Waals surface area contributed by atoms with Crippen LogP contribution in [0.15, 0.2) is 6.33 Å². The summed E-state index contributed by atoms with van der Waals surface area (Å²) < 4.78 is 23.2. The first-order valence-corrected chi connectivity index (χ1v) is 5.73. The second kappa shape index (κ2) is 3.65. The molecule has 74 valence electrons. The van der Waals surface area contributed by atoms with Gasteiger partial charge >= 0.3 is 0 Å². The van der Waals surface area contributed by atoms with Crippen molar-refractivity contribution in [2.24, 2.45) is 5.14 Å². The minimum absolute atomic E-state index is 0.191. The first kappa shape index (κ1) is 10.5. The number of hydrogen-bond donors (Lipinski definition) is 1. The molecule has 0 bridgehead atoms. The molecule has 2 N–H and O–H groups in total. The summed E-state index contributed by atoms with van der Waals surface area (Å²) in [5.41, 5.74) is 0.437. The van der Waals surface area contributed by atoms with E-state index in [1.807, 2.05) is 6.92 Å². The first-order valence-electron chi connectivity index (χ1n) is 3.64. The van der Waals surface area contributed by atoms with E-state index in [9.17, 15) is 8.42 Å². The summed E-state index contributed by atoms with van der Waals surface area (Å²) in [7, 11) is -3.55. The number of halogens is 1. The van der Waals surface area contributed by atoms with E-state index in [0.29, 0.717) is 12.2 Å². The Hall–Kier alpha value is -0.590. The topological polar surface area (TPSA) is 78.0 Å². The zero-order chi connectivity index (χ0) is 10.1. The average Bonchev–Trinajstić information content (AvgIpc) is 2.30. The third-order valence-corrected chi connectivity index (χ3v) is 2.57. The van der Waals surface area contributed by atoms with Crippen molar-refractivity contribution >= 4 is 21.6 Å². The highest BCUT2D eigenvalue weighted by molar-refractivity contribution is 7.88. The van der Waals surface area contributed by atoms with E-state index in [1.54, 1.807) is 4.57 Å². The van der Waals surface area contributed by atoms with Crippen LogP contribution in [0.1, 0.15) is 12.6 Å². The van der Waals surface area contributed by atoms with Crippen molar-refractivity contribution < 1.29 is 8.42 Å². The largest absolute Gasteiger partial charge is 0.333 e. The lowest BCUT2D eigenvalue weighted by Crippen LogP contribution is -2.17. The normalized spacial score (nSPS) is 11.9. The van der Waals surface area contributed by atoms with Crippen LogP contribution in [0.4, 0.5) is 0 Å². The van der Waals surface area contributed by atoms with Gasteiger partial charge in [0.25, 0.3) is 0 Å². The van der Waals surface area contributed by atoms with E-state index in [1.165, 1.54) is 6.33 Å². The number of rotatable bonds is 3. The summed E-state index contributed by atoms with van der Waals surface area (Å²) in [6.45, 7) is 2.48. The second-order valence-electron chi connectivity index (χ2n) is 2.58. The monoisotopic (exact) mass is 223 g/mol. The van der Waals surface area contributed by atoms with E-state index in [4.69, 9.17) is 16.7 Å². The van der Waals surface area contributed by atoms with Crippen molar-refractivity contribution in [2.45, 2.75) is 19.2 Å². The molecular weight excluding hydrogens is 214 g/mol. The van der Waals surface area contributed by atoms with E-state index >= 15 is 0 Å². The minimum Gasteiger partial charge on any atom is -0.333 e. The minimum atomic E-state index is -3.55. The summed E-state index contributed by atoms with van der Waals surface area (Å²) in [6, 6.07) is 0. The Morgan fingerprint density at radius 2 is 2.31 bits per heavy atom. The molecule has 0 atom stereocenters. The van der Waals surface area contributed by atoms with Gasteiger partial charge in [-0.2, -0.15) is 0 Å². The van der Waals surface area contributed by atoms with E-state index in [2.05, 4.69) is 4.98 Å². The van der Waals surface area contributed by atoms with Gasteiger partial charge in [0, 0.05) is 6.54 Å². The number of aryl methyl sites for hydroxylation is 1. The summed E-state index contributed by atoms with van der Waals surface area (Å²) >= 11 is 5.68. The van der Waals surface area contributed by atoms with Gasteiger partial charge in [-0.25, -0.2) is 18.5 Å². The fourth-order valence-corrected chi connectivity index (χ4v) is 1.97. The smallest absolute Gasteiger partial charge is 0.214 e. The van der Waals surface area contributed by atoms with Crippen molar-refractivity contribution in [1.82, 2.24) is 9.55 Å². The fourth-order valence-electron chi connectivity index (χ4n) is 0.989. The van der Waals surface area contributed by atoms with Gasteiger partial charge in [-0.1, -0.05) is 11.6 Å². The SMILES string of the molecule is CCn1cnc(Cl)c1CS(N)(=O)=O. The second-order valence-corrected chi connectivity index (χ2v) is 4.55. The standard InChI is InChI=1S/C6H10ClN3O2S/c1-2-10-4-9-6(7)5(10)3-13(8,11)12/h4H,2-3H2,1H3,(H2,8,11,12). The average molecular weight is 224 g/mol. The molecule has 13 heavy (non-hydrogen) atoms. The van der Waals surface area contributed by atoms with E-state index < -0.39 is 10.0 Å². The Morgan fingerprint density at radius 3 is 2.77 bits per heavy atom. The summed E-state index contributed by atoms with van der Waals surface area (Å²) in [6.07, 6.45) is 1.49. The lowest BCUT2D eigenvalue weighted by molar-refractivity contribution is 0.594. The highest BCUT2D eigenvalue weighted by atomic mass is 35.5. The van der Waals surface area contributed by atoms with Crippen molar-refractivity contribution in [3.05, 3.63) is 17.2 Å². The van der Waals surface area contributed by atoms with Crippen molar-refractivity contribution in [1.29, 1.82) is 0 Å². The number of sulfonamides is 1. The van der Waals surface area contributed by atoms with Crippen LogP contribution >= 0.6 is 11.6 Å². The molecule has 5 nitrogen and oxygen atoms in total. The maximum Gasteiger partial charge on any atom is 0.214 e. The molecule has 0 saturated heterocycles. The first-order chi connectivity index (χ1) is 5.94. The number of imidazole rings is 1. The maximum absolute atomic E-state index is 10.8. The molecule has 0 amide bonds. The van der Waals surface area contributed by atoms with Crippen LogP contribution in [0.25, 0.3) is 0 Å². The van der Waals surface area contributed by atoms with Crippen LogP contribution < -0.4 is 5.14 Å². The third kappa shape index (κ3) is 2.68. The maximum atomic E-state index is 10.8. The molecule has 1 rings (SSSR count). The van der Waals surface area contributed by atoms with Crippen LogP contribution in [-0.2, 0) is 22.3 Å². The van der Waals surface area contributed by atoms with Crippen LogP contribution in [-0.4, -0.2) is 18.0 Å². The van der Waals surface area contributed by atoms with Gasteiger partial charge < -0.3 is 4.57 Å². The highest BCUT2D eigenvalue weighted by Crippen LogP contribution is 2.15. The van der Waals surface area contributed by atoms with Crippen LogP contribution in [0.2, 0.25) is 5.15 Å². The molecule has 0 saturated carbocycles. The Morgan fingerprint density at radius 1 is 1.69 bits per heavy atom. The molecule has 0 spiro atoms. The van der Waals surface area contributed by atoms with Gasteiger partial charge in [0.1, 0.15) is 5.75 Å². The summed E-state index contributed by atoms with van der Waals surface area (Å²) in [5.74, 6) is -0.278. The molecule has 7 heteroatoms. The van der Waals surface area contributed by atoms with Crippen molar-refractivity contribution in [3.63, 3.8) is 0 Å². The van der Waals surface area contributed by atoms with Crippen molar-refractivity contribution in [3.8, 4) is 0 Å². The van der Waals surface area contributed by atoms with Crippen molar-refractivity contribution in [2.75, 3.05) is 0 Å². The van der Waals surface area contributed by atoms with Gasteiger partial charge in [-0.3, -0.25) is 0 Å². The number of nitrogens with zero attached hydrogens (tertiary/aromatic N) is 2. The van der Waals surface area contributed by atoms with Crippen LogP contribution in [0.5, 0.6) is 0 Å². The molecule has 0 aromatic carbocycles. The predicted molar refractivity (Wildman–Crippen MR) is 49.7 cm³/mol. The zero-order valence-corrected chi connectivity index (χ0v) is 8.64. The van der Waals surface area contributed by atoms with Gasteiger partial charge in [-0.05, 0) is 6.92 Å². The molecule has 1 aromatic heterocycles. The molecule has 0 unspecified atom stereocenters. The molecule has 0 aliphatic heterocycles. The highest BCUT2D eigenvalue weighted by Gasteiger charge is 2.13. The molecule has 1 heterocycles. The Kier molecular flexibility index (Phi) is 2.94. The quantitative estimate of drug-likeness (QED) is 0.803. The Bertz CT molecular complexity index is 398. The molecule has 0 radical (unpaired) electrons. The van der Waals surface area contributed by atoms with Gasteiger partial charge in [0.15, 0.2) is 5.15 Å². The Labute approximate surface area is 81.6 Å². The number of primary sulfonamides is 1. The van der Waals surface area contributed by atoms with Gasteiger partial charge in [0.05, 0.1) is 12.0 Å².